The highest BCUT2D eigenvalue weighted by molar-refractivity contribution is 6.31. The summed E-state index contributed by atoms with van der Waals surface area (Å²) in [6.45, 7) is 1.73. The fraction of sp³-hybridized carbons (Fsp3) is 0.294. The number of benzene rings is 2. The first-order valence-corrected chi connectivity index (χ1v) is 7.02. The van der Waals surface area contributed by atoms with Gasteiger partial charge in [0.15, 0.2) is 0 Å². The molecule has 0 spiro atoms. The standard InChI is InChI=1S/C17H19ClO2/c1-13-6-2-3-7-14(13)10-17(11-19,12-20)15-8-4-5-9-16(15)18/h2-9,19-20H,10-12H2,1H3. The van der Waals surface area contributed by atoms with Gasteiger partial charge in [0, 0.05) is 10.4 Å². The average molecular weight is 291 g/mol. The predicted molar refractivity (Wildman–Crippen MR) is 82.2 cm³/mol. The van der Waals surface area contributed by atoms with E-state index in [-0.39, 0.29) is 13.2 Å². The predicted octanol–water partition coefficient (Wildman–Crippen LogP) is 3.11. The molecule has 0 radical (unpaired) electrons. The fourth-order valence-electron chi connectivity index (χ4n) is 2.49. The highest BCUT2D eigenvalue weighted by Crippen LogP contribution is 2.33. The minimum atomic E-state index is -0.759. The van der Waals surface area contributed by atoms with Crippen LogP contribution in [0.15, 0.2) is 48.5 Å². The molecule has 3 heteroatoms. The molecule has 0 atom stereocenters. The molecule has 2 aromatic rings. The maximum atomic E-state index is 9.89. The third-order valence-electron chi connectivity index (χ3n) is 3.84. The van der Waals surface area contributed by atoms with E-state index in [1.54, 1.807) is 6.07 Å². The second-order valence-corrected chi connectivity index (χ2v) is 5.59. The molecule has 0 aliphatic heterocycles. The Morgan fingerprint density at radius 1 is 0.950 bits per heavy atom. The zero-order valence-electron chi connectivity index (χ0n) is 11.5. The Kier molecular flexibility index (Phi) is 4.81. The van der Waals surface area contributed by atoms with Crippen molar-refractivity contribution in [3.8, 4) is 0 Å². The van der Waals surface area contributed by atoms with Crippen LogP contribution in [0.5, 0.6) is 0 Å². The molecule has 0 aromatic heterocycles. The Bertz CT molecular complexity index is 577. The van der Waals surface area contributed by atoms with Gasteiger partial charge in [0.25, 0.3) is 0 Å². The SMILES string of the molecule is Cc1ccccc1CC(CO)(CO)c1ccccc1Cl. The Labute approximate surface area is 124 Å². The second-order valence-electron chi connectivity index (χ2n) is 5.18. The molecule has 0 fully saturated rings. The van der Waals surface area contributed by atoms with Crippen molar-refractivity contribution in [2.24, 2.45) is 0 Å². The first kappa shape index (κ1) is 15.0. The van der Waals surface area contributed by atoms with Crippen molar-refractivity contribution in [2.45, 2.75) is 18.8 Å². The van der Waals surface area contributed by atoms with E-state index in [0.717, 1.165) is 16.7 Å². The third-order valence-corrected chi connectivity index (χ3v) is 4.17. The summed E-state index contributed by atoms with van der Waals surface area (Å²) in [5.41, 5.74) is 2.28. The summed E-state index contributed by atoms with van der Waals surface area (Å²) >= 11 is 6.25. The van der Waals surface area contributed by atoms with E-state index in [2.05, 4.69) is 0 Å². The van der Waals surface area contributed by atoms with E-state index in [1.165, 1.54) is 0 Å². The lowest BCUT2D eigenvalue weighted by atomic mass is 9.76. The van der Waals surface area contributed by atoms with Crippen molar-refractivity contribution in [2.75, 3.05) is 13.2 Å². The summed E-state index contributed by atoms with van der Waals surface area (Å²) in [6, 6.07) is 15.4. The van der Waals surface area contributed by atoms with Crippen molar-refractivity contribution in [1.29, 1.82) is 0 Å². The van der Waals surface area contributed by atoms with Crippen LogP contribution in [-0.2, 0) is 11.8 Å². The Morgan fingerprint density at radius 3 is 2.15 bits per heavy atom. The van der Waals surface area contributed by atoms with Crippen LogP contribution in [0.2, 0.25) is 5.02 Å². The summed E-state index contributed by atoms with van der Waals surface area (Å²) in [5, 5.41) is 20.3. The van der Waals surface area contributed by atoms with E-state index in [9.17, 15) is 10.2 Å². The monoisotopic (exact) mass is 290 g/mol. The molecular weight excluding hydrogens is 272 g/mol. The van der Waals surface area contributed by atoms with Crippen LogP contribution in [0.25, 0.3) is 0 Å². The normalized spacial score (nSPS) is 11.6. The molecule has 2 nitrogen and oxygen atoms in total. The van der Waals surface area contributed by atoms with Gasteiger partial charge in [-0.05, 0) is 36.1 Å². The van der Waals surface area contributed by atoms with Crippen LogP contribution < -0.4 is 0 Å². The zero-order valence-corrected chi connectivity index (χ0v) is 12.3. The summed E-state index contributed by atoms with van der Waals surface area (Å²) in [4.78, 5) is 0. The van der Waals surface area contributed by atoms with Gasteiger partial charge in [-0.2, -0.15) is 0 Å². The van der Waals surface area contributed by atoms with Crippen LogP contribution in [-0.4, -0.2) is 23.4 Å². The summed E-state index contributed by atoms with van der Waals surface area (Å²) in [5.74, 6) is 0. The van der Waals surface area contributed by atoms with Crippen LogP contribution >= 0.6 is 11.6 Å². The van der Waals surface area contributed by atoms with Gasteiger partial charge in [0.1, 0.15) is 0 Å². The summed E-state index contributed by atoms with van der Waals surface area (Å²) < 4.78 is 0. The molecule has 106 valence electrons. The van der Waals surface area contributed by atoms with Gasteiger partial charge in [-0.3, -0.25) is 0 Å². The van der Waals surface area contributed by atoms with Gasteiger partial charge in [-0.15, -0.1) is 0 Å². The quantitative estimate of drug-likeness (QED) is 0.888. The topological polar surface area (TPSA) is 40.5 Å². The lowest BCUT2D eigenvalue weighted by Crippen LogP contribution is -2.37. The van der Waals surface area contributed by atoms with E-state index >= 15 is 0 Å². The van der Waals surface area contributed by atoms with Crippen LogP contribution in [0.4, 0.5) is 0 Å². The molecule has 20 heavy (non-hydrogen) atoms. The van der Waals surface area contributed by atoms with E-state index < -0.39 is 5.41 Å². The molecule has 0 heterocycles. The van der Waals surface area contributed by atoms with Gasteiger partial charge in [-0.1, -0.05) is 54.1 Å². The molecule has 2 rings (SSSR count). The van der Waals surface area contributed by atoms with Gasteiger partial charge in [0.05, 0.1) is 13.2 Å². The molecule has 0 saturated carbocycles. The van der Waals surface area contributed by atoms with Gasteiger partial charge in [-0.25, -0.2) is 0 Å². The zero-order chi connectivity index (χ0) is 14.6. The molecule has 2 N–H and O–H groups in total. The first-order valence-electron chi connectivity index (χ1n) is 6.64. The number of hydrogen-bond acceptors (Lipinski definition) is 2. The van der Waals surface area contributed by atoms with Crippen LogP contribution in [0.3, 0.4) is 0 Å². The Balaban J connectivity index is 2.46. The number of aryl methyl sites for hydroxylation is 1. The largest absolute Gasteiger partial charge is 0.395 e. The lowest BCUT2D eigenvalue weighted by molar-refractivity contribution is 0.116. The van der Waals surface area contributed by atoms with Gasteiger partial charge in [0.2, 0.25) is 0 Å². The van der Waals surface area contributed by atoms with Crippen molar-refractivity contribution in [1.82, 2.24) is 0 Å². The first-order chi connectivity index (χ1) is 9.63. The average Bonchev–Trinajstić information content (AvgIpc) is 2.48. The smallest absolute Gasteiger partial charge is 0.0553 e. The number of aliphatic hydroxyl groups is 2. The molecule has 0 amide bonds. The van der Waals surface area contributed by atoms with E-state index in [1.807, 2.05) is 49.4 Å². The molecule has 0 bridgehead atoms. The molecule has 0 aliphatic rings. The minimum absolute atomic E-state index is 0.151. The third kappa shape index (κ3) is 2.88. The van der Waals surface area contributed by atoms with Crippen molar-refractivity contribution >= 4 is 11.6 Å². The maximum absolute atomic E-state index is 9.89. The Hall–Kier alpha value is -1.35. The summed E-state index contributed by atoms with van der Waals surface area (Å²) in [7, 11) is 0. The lowest BCUT2D eigenvalue weighted by Gasteiger charge is -2.32. The fourth-order valence-corrected chi connectivity index (χ4v) is 2.83. The van der Waals surface area contributed by atoms with Gasteiger partial charge < -0.3 is 10.2 Å². The maximum Gasteiger partial charge on any atom is 0.0553 e. The number of rotatable bonds is 5. The van der Waals surface area contributed by atoms with Crippen molar-refractivity contribution < 1.29 is 10.2 Å². The molecule has 0 unspecified atom stereocenters. The Morgan fingerprint density at radius 2 is 1.55 bits per heavy atom. The van der Waals surface area contributed by atoms with Crippen LogP contribution in [0.1, 0.15) is 16.7 Å². The number of hydrogen-bond donors (Lipinski definition) is 2. The molecule has 0 aliphatic carbocycles. The van der Waals surface area contributed by atoms with E-state index in [0.29, 0.717) is 11.4 Å². The molecule has 2 aromatic carbocycles. The highest BCUT2D eigenvalue weighted by atomic mass is 35.5. The highest BCUT2D eigenvalue weighted by Gasteiger charge is 2.33. The van der Waals surface area contributed by atoms with Gasteiger partial charge >= 0.3 is 0 Å². The molecular formula is C17H19ClO2. The second kappa shape index (κ2) is 6.40. The number of halogens is 1. The minimum Gasteiger partial charge on any atom is -0.395 e. The number of aliphatic hydroxyl groups excluding tert-OH is 2. The van der Waals surface area contributed by atoms with Crippen molar-refractivity contribution in [3.05, 3.63) is 70.2 Å². The van der Waals surface area contributed by atoms with Crippen molar-refractivity contribution in [3.63, 3.8) is 0 Å². The molecule has 0 saturated heterocycles. The summed E-state index contributed by atoms with van der Waals surface area (Å²) in [6.07, 6.45) is 0.552. The van der Waals surface area contributed by atoms with E-state index in [4.69, 9.17) is 11.6 Å². The van der Waals surface area contributed by atoms with Crippen LogP contribution in [0, 0.1) is 6.92 Å².